The van der Waals surface area contributed by atoms with E-state index in [2.05, 4.69) is 31.3 Å². The molecule has 0 radical (unpaired) electrons. The second-order valence-corrected chi connectivity index (χ2v) is 11.7. The van der Waals surface area contributed by atoms with E-state index in [4.69, 9.17) is 0 Å². The number of nitrogens with zero attached hydrogens (tertiary/aromatic N) is 1. The van der Waals surface area contributed by atoms with Crippen molar-refractivity contribution in [1.29, 1.82) is 0 Å². The molecule has 0 saturated heterocycles. The highest BCUT2D eigenvalue weighted by atomic mass is 32.2. The average molecular weight is 527 g/mol. The Kier molecular flexibility index (Phi) is 8.02. The molecular formula is C32H34N2O3S. The Hall–Kier alpha value is -3.90. The molecule has 196 valence electrons. The first-order chi connectivity index (χ1) is 18.1. The van der Waals surface area contributed by atoms with Gasteiger partial charge in [-0.1, -0.05) is 72.3 Å². The van der Waals surface area contributed by atoms with Crippen molar-refractivity contribution in [1.82, 2.24) is 5.32 Å². The van der Waals surface area contributed by atoms with E-state index in [-0.39, 0.29) is 23.4 Å². The van der Waals surface area contributed by atoms with Crippen LogP contribution >= 0.6 is 0 Å². The Bertz CT molecular complexity index is 1550. The molecular weight excluding hydrogens is 492 g/mol. The second-order valence-electron chi connectivity index (χ2n) is 9.82. The van der Waals surface area contributed by atoms with Gasteiger partial charge < -0.3 is 5.32 Å². The van der Waals surface area contributed by atoms with Crippen LogP contribution in [0.5, 0.6) is 0 Å². The number of hydrogen-bond donors (Lipinski definition) is 1. The number of carbonyl (C=O) groups is 1. The molecule has 0 heterocycles. The van der Waals surface area contributed by atoms with Gasteiger partial charge in [0.2, 0.25) is 0 Å². The molecule has 0 saturated carbocycles. The smallest absolute Gasteiger partial charge is 0.264 e. The molecule has 0 spiro atoms. The molecule has 0 aromatic heterocycles. The molecule has 5 nitrogen and oxygen atoms in total. The lowest BCUT2D eigenvalue weighted by molar-refractivity contribution is 0.0940. The molecule has 0 aliphatic carbocycles. The van der Waals surface area contributed by atoms with E-state index < -0.39 is 10.0 Å². The molecule has 0 unspecified atom stereocenters. The van der Waals surface area contributed by atoms with Gasteiger partial charge in [-0.05, 0) is 86.7 Å². The van der Waals surface area contributed by atoms with Crippen molar-refractivity contribution < 1.29 is 13.2 Å². The molecule has 4 aromatic carbocycles. The van der Waals surface area contributed by atoms with Gasteiger partial charge in [-0.2, -0.15) is 0 Å². The van der Waals surface area contributed by atoms with Crippen LogP contribution in [0, 0.1) is 27.7 Å². The zero-order chi connectivity index (χ0) is 27.4. The highest BCUT2D eigenvalue weighted by Crippen LogP contribution is 2.30. The molecule has 0 aliphatic heterocycles. The lowest BCUT2D eigenvalue weighted by Crippen LogP contribution is -2.34. The fourth-order valence-corrected chi connectivity index (χ4v) is 6.04. The van der Waals surface area contributed by atoms with Crippen LogP contribution in [0.3, 0.4) is 0 Å². The number of hydrogen-bond acceptors (Lipinski definition) is 3. The number of benzene rings is 4. The predicted molar refractivity (Wildman–Crippen MR) is 154 cm³/mol. The Balaban J connectivity index is 1.75. The Morgan fingerprint density at radius 2 is 1.39 bits per heavy atom. The van der Waals surface area contributed by atoms with E-state index in [9.17, 15) is 13.2 Å². The number of para-hydroxylation sites is 1. The summed E-state index contributed by atoms with van der Waals surface area (Å²) in [5, 5.41) is 3.10. The van der Waals surface area contributed by atoms with Crippen LogP contribution in [0.1, 0.15) is 56.7 Å². The van der Waals surface area contributed by atoms with Crippen molar-refractivity contribution in [3.8, 4) is 0 Å². The molecule has 4 aromatic rings. The van der Waals surface area contributed by atoms with Gasteiger partial charge in [0.15, 0.2) is 0 Å². The van der Waals surface area contributed by atoms with E-state index in [0.717, 1.165) is 27.8 Å². The molecule has 38 heavy (non-hydrogen) atoms. The minimum atomic E-state index is -3.97. The summed E-state index contributed by atoms with van der Waals surface area (Å²) in [6, 6.07) is 27.0. The normalized spacial score (nSPS) is 12.1. The number of nitrogens with one attached hydrogen (secondary N) is 1. The van der Waals surface area contributed by atoms with Crippen LogP contribution in [0.25, 0.3) is 0 Å². The molecule has 0 aliphatic rings. The zero-order valence-corrected chi connectivity index (χ0v) is 23.3. The van der Waals surface area contributed by atoms with Crippen molar-refractivity contribution in [2.45, 2.75) is 52.1 Å². The summed E-state index contributed by atoms with van der Waals surface area (Å²) in [4.78, 5) is 13.8. The first-order valence-electron chi connectivity index (χ1n) is 12.7. The maximum atomic E-state index is 14.0. The third-order valence-electron chi connectivity index (χ3n) is 6.89. The standard InChI is InChI=1S/C32H34N2O3S/c1-22-15-17-28(18-16-22)38(36,37)34(21-27-11-7-6-8-12-27)31-14-10-9-13-29(31)32(35)33-26(5)30-20-24(3)23(2)19-25(30)4/h6-20,26H,21H2,1-5H3,(H,33,35)/t26-/m1/s1. The quantitative estimate of drug-likeness (QED) is 0.274. The fourth-order valence-electron chi connectivity index (χ4n) is 4.57. The fraction of sp³-hybridized carbons (Fsp3) is 0.219. The molecule has 1 N–H and O–H groups in total. The molecule has 0 bridgehead atoms. The highest BCUT2D eigenvalue weighted by molar-refractivity contribution is 7.92. The molecule has 1 amide bonds. The summed E-state index contributed by atoms with van der Waals surface area (Å²) in [6.07, 6.45) is 0. The number of amides is 1. The maximum Gasteiger partial charge on any atom is 0.264 e. The number of anilines is 1. The van der Waals surface area contributed by atoms with E-state index >= 15 is 0 Å². The van der Waals surface area contributed by atoms with E-state index in [1.54, 1.807) is 48.5 Å². The van der Waals surface area contributed by atoms with Gasteiger partial charge in [-0.3, -0.25) is 9.10 Å². The van der Waals surface area contributed by atoms with Gasteiger partial charge in [-0.25, -0.2) is 8.42 Å². The van der Waals surface area contributed by atoms with E-state index in [0.29, 0.717) is 11.3 Å². The number of aryl methyl sites for hydroxylation is 4. The lowest BCUT2D eigenvalue weighted by Gasteiger charge is -2.27. The molecule has 0 fully saturated rings. The van der Waals surface area contributed by atoms with Crippen LogP contribution in [-0.2, 0) is 16.6 Å². The SMILES string of the molecule is Cc1ccc(S(=O)(=O)N(Cc2ccccc2)c2ccccc2C(=O)N[C@H](C)c2cc(C)c(C)cc2C)cc1. The van der Waals surface area contributed by atoms with Gasteiger partial charge in [0.25, 0.3) is 15.9 Å². The topological polar surface area (TPSA) is 66.5 Å². The van der Waals surface area contributed by atoms with Crippen LogP contribution in [0.4, 0.5) is 5.69 Å². The summed E-state index contributed by atoms with van der Waals surface area (Å²) >= 11 is 0. The minimum Gasteiger partial charge on any atom is -0.345 e. The Morgan fingerprint density at radius 1 is 0.789 bits per heavy atom. The van der Waals surface area contributed by atoms with Crippen molar-refractivity contribution >= 4 is 21.6 Å². The van der Waals surface area contributed by atoms with Crippen LogP contribution in [-0.4, -0.2) is 14.3 Å². The van der Waals surface area contributed by atoms with E-state index in [1.807, 2.05) is 51.1 Å². The summed E-state index contributed by atoms with van der Waals surface area (Å²) in [6.45, 7) is 10.1. The van der Waals surface area contributed by atoms with Gasteiger partial charge in [0.05, 0.1) is 28.7 Å². The third kappa shape index (κ3) is 5.81. The summed E-state index contributed by atoms with van der Waals surface area (Å²) in [5.41, 5.74) is 6.91. The summed E-state index contributed by atoms with van der Waals surface area (Å²) < 4.78 is 29.3. The van der Waals surface area contributed by atoms with Crippen LogP contribution in [0.2, 0.25) is 0 Å². The highest BCUT2D eigenvalue weighted by Gasteiger charge is 2.29. The Morgan fingerprint density at radius 3 is 2.08 bits per heavy atom. The second kappa shape index (κ2) is 11.2. The predicted octanol–water partition coefficient (Wildman–Crippen LogP) is 6.81. The number of carbonyl (C=O) groups excluding carboxylic acids is 1. The minimum absolute atomic E-state index is 0.0904. The monoisotopic (exact) mass is 526 g/mol. The Labute approximate surface area is 226 Å². The molecule has 1 atom stereocenters. The van der Waals surface area contributed by atoms with Crippen LogP contribution < -0.4 is 9.62 Å². The number of rotatable bonds is 8. The van der Waals surface area contributed by atoms with Crippen molar-refractivity contribution in [3.05, 3.63) is 130 Å². The average Bonchev–Trinajstić information content (AvgIpc) is 2.90. The van der Waals surface area contributed by atoms with Crippen molar-refractivity contribution in [2.24, 2.45) is 0 Å². The summed E-state index contributed by atoms with van der Waals surface area (Å²) in [5.74, 6) is -0.331. The largest absolute Gasteiger partial charge is 0.345 e. The number of sulfonamides is 1. The van der Waals surface area contributed by atoms with Crippen LogP contribution in [0.15, 0.2) is 95.9 Å². The van der Waals surface area contributed by atoms with Crippen molar-refractivity contribution in [3.63, 3.8) is 0 Å². The van der Waals surface area contributed by atoms with Gasteiger partial charge in [-0.15, -0.1) is 0 Å². The zero-order valence-electron chi connectivity index (χ0n) is 22.5. The van der Waals surface area contributed by atoms with Crippen molar-refractivity contribution in [2.75, 3.05) is 4.31 Å². The maximum absolute atomic E-state index is 14.0. The molecule has 6 heteroatoms. The lowest BCUT2D eigenvalue weighted by atomic mass is 9.96. The first kappa shape index (κ1) is 27.1. The van der Waals surface area contributed by atoms with Gasteiger partial charge >= 0.3 is 0 Å². The first-order valence-corrected chi connectivity index (χ1v) is 14.1. The summed E-state index contributed by atoms with van der Waals surface area (Å²) in [7, 11) is -3.97. The molecule has 4 rings (SSSR count). The van der Waals surface area contributed by atoms with Gasteiger partial charge in [0, 0.05) is 0 Å². The van der Waals surface area contributed by atoms with Gasteiger partial charge in [0.1, 0.15) is 0 Å². The van der Waals surface area contributed by atoms with E-state index in [1.165, 1.54) is 9.87 Å². The third-order valence-corrected chi connectivity index (χ3v) is 8.67.